The first-order chi connectivity index (χ1) is 15.2. The van der Waals surface area contributed by atoms with Gasteiger partial charge in [-0.1, -0.05) is 31.9 Å². The van der Waals surface area contributed by atoms with E-state index in [4.69, 9.17) is 9.73 Å². The number of hydrogen-bond donors (Lipinski definition) is 1. The van der Waals surface area contributed by atoms with Gasteiger partial charge in [-0.2, -0.15) is 0 Å². The molecule has 0 aromatic heterocycles. The first-order valence-electron chi connectivity index (χ1n) is 11.8. The van der Waals surface area contributed by atoms with Crippen LogP contribution in [0.2, 0.25) is 0 Å². The molecule has 2 heterocycles. The topological polar surface area (TPSA) is 88.1 Å². The second-order valence-electron chi connectivity index (χ2n) is 9.65. The number of methoxy groups -OCH3 is 1. The van der Waals surface area contributed by atoms with E-state index in [-0.39, 0.29) is 11.7 Å². The number of piperidine rings is 1. The molecular formula is C24H35N3O4S. The van der Waals surface area contributed by atoms with Crippen molar-refractivity contribution < 1.29 is 17.9 Å². The average molecular weight is 462 g/mol. The number of ether oxygens (including phenoxy) is 1. The molecule has 1 aromatic carbocycles. The van der Waals surface area contributed by atoms with Crippen molar-refractivity contribution in [3.63, 3.8) is 0 Å². The molecule has 2 aliphatic heterocycles. The van der Waals surface area contributed by atoms with Gasteiger partial charge in [0.05, 0.1) is 12.9 Å². The highest BCUT2D eigenvalue weighted by atomic mass is 32.2. The predicted molar refractivity (Wildman–Crippen MR) is 125 cm³/mol. The molecule has 3 aliphatic rings. The molecule has 1 saturated carbocycles. The summed E-state index contributed by atoms with van der Waals surface area (Å²) in [5.74, 6) is 2.69. The monoisotopic (exact) mass is 461 g/mol. The van der Waals surface area contributed by atoms with Crippen molar-refractivity contribution in [2.24, 2.45) is 16.8 Å². The molecule has 0 unspecified atom stereocenters. The Morgan fingerprint density at radius 2 is 1.88 bits per heavy atom. The highest BCUT2D eigenvalue weighted by Crippen LogP contribution is 2.36. The Kier molecular flexibility index (Phi) is 6.63. The number of nitrogens with one attached hydrogen (secondary N) is 1. The van der Waals surface area contributed by atoms with Gasteiger partial charge in [-0.25, -0.2) is 12.7 Å². The summed E-state index contributed by atoms with van der Waals surface area (Å²) in [7, 11) is -1.79. The van der Waals surface area contributed by atoms with Crippen LogP contribution in [0.4, 0.5) is 0 Å². The second kappa shape index (κ2) is 9.14. The van der Waals surface area contributed by atoms with Gasteiger partial charge >= 0.3 is 0 Å². The van der Waals surface area contributed by atoms with Crippen LogP contribution in [0.1, 0.15) is 56.6 Å². The third kappa shape index (κ3) is 4.57. The fourth-order valence-corrected chi connectivity index (χ4v) is 6.74. The number of carbonyl (C=O) groups is 1. The fourth-order valence-electron chi connectivity index (χ4n) is 5.26. The van der Waals surface area contributed by atoms with Gasteiger partial charge in [0, 0.05) is 19.0 Å². The van der Waals surface area contributed by atoms with E-state index in [0.29, 0.717) is 38.3 Å². The molecule has 1 N–H and O–H groups in total. The Labute approximate surface area is 191 Å². The van der Waals surface area contributed by atoms with Crippen LogP contribution in [0.5, 0.6) is 5.75 Å². The third-order valence-electron chi connectivity index (χ3n) is 7.59. The van der Waals surface area contributed by atoms with Crippen LogP contribution in [-0.4, -0.2) is 56.0 Å². The van der Waals surface area contributed by atoms with Gasteiger partial charge in [-0.05, 0) is 62.1 Å². The second-order valence-corrected chi connectivity index (χ2v) is 11.7. The summed E-state index contributed by atoms with van der Waals surface area (Å²) < 4.78 is 32.9. The number of amides is 1. The standard InChI is InChI=1S/C24H35N3O4S/c1-17-7-9-20(10-8-17)22-25-23(28)24(26-22)12-14-27(15-13-24)32(29,30)16-11-19-5-4-6-21(31-3)18(19)2/h4-6,17,20H,7-16H2,1-3H3,(H,25,26,28)/t17-,20-. The molecule has 0 radical (unpaired) electrons. The number of carbonyl (C=O) groups excluding carboxylic acids is 1. The zero-order valence-corrected chi connectivity index (χ0v) is 20.2. The van der Waals surface area contributed by atoms with E-state index in [1.807, 2.05) is 25.1 Å². The maximum atomic E-state index is 13.0. The lowest BCUT2D eigenvalue weighted by Crippen LogP contribution is -2.51. The SMILES string of the molecule is COc1cccc(CCS(=O)(=O)N2CCC3(CC2)N=C([C@H]2CC[C@H](C)CC2)NC3=O)c1C. The van der Waals surface area contributed by atoms with Gasteiger partial charge in [-0.15, -0.1) is 0 Å². The van der Waals surface area contributed by atoms with Crippen molar-refractivity contribution in [1.29, 1.82) is 0 Å². The maximum absolute atomic E-state index is 13.0. The third-order valence-corrected chi connectivity index (χ3v) is 9.46. The van der Waals surface area contributed by atoms with Crippen LogP contribution < -0.4 is 10.1 Å². The number of benzene rings is 1. The van der Waals surface area contributed by atoms with E-state index in [9.17, 15) is 13.2 Å². The van der Waals surface area contributed by atoms with Gasteiger partial charge in [0.1, 0.15) is 17.1 Å². The molecule has 4 rings (SSSR count). The zero-order valence-electron chi connectivity index (χ0n) is 19.4. The largest absolute Gasteiger partial charge is 0.496 e. The molecule has 8 heteroatoms. The average Bonchev–Trinajstić information content (AvgIpc) is 3.09. The van der Waals surface area contributed by atoms with Crippen molar-refractivity contribution in [1.82, 2.24) is 9.62 Å². The molecule has 1 aliphatic carbocycles. The Morgan fingerprint density at radius 3 is 2.53 bits per heavy atom. The minimum atomic E-state index is -3.41. The van der Waals surface area contributed by atoms with E-state index in [1.54, 1.807) is 7.11 Å². The number of nitrogens with zero attached hydrogens (tertiary/aromatic N) is 2. The smallest absolute Gasteiger partial charge is 0.253 e. The summed E-state index contributed by atoms with van der Waals surface area (Å²) in [4.78, 5) is 17.7. The lowest BCUT2D eigenvalue weighted by molar-refractivity contribution is -0.125. The molecule has 0 atom stereocenters. The summed E-state index contributed by atoms with van der Waals surface area (Å²) in [6.07, 6.45) is 5.82. The highest BCUT2D eigenvalue weighted by Gasteiger charge is 2.48. The lowest BCUT2D eigenvalue weighted by atomic mass is 9.82. The first-order valence-corrected chi connectivity index (χ1v) is 13.4. The molecule has 1 spiro atoms. The number of aliphatic imine (C=N–C) groups is 1. The van der Waals surface area contributed by atoms with Crippen LogP contribution >= 0.6 is 0 Å². The van der Waals surface area contributed by atoms with Crippen LogP contribution in [0.15, 0.2) is 23.2 Å². The van der Waals surface area contributed by atoms with Crippen molar-refractivity contribution in [2.45, 2.75) is 64.3 Å². The van der Waals surface area contributed by atoms with Crippen LogP contribution in [0, 0.1) is 18.8 Å². The zero-order chi connectivity index (χ0) is 22.9. The maximum Gasteiger partial charge on any atom is 0.253 e. The van der Waals surface area contributed by atoms with Crippen molar-refractivity contribution in [3.05, 3.63) is 29.3 Å². The molecule has 0 bridgehead atoms. The minimum absolute atomic E-state index is 0.0461. The molecule has 1 amide bonds. The Hall–Kier alpha value is -1.93. The molecular weight excluding hydrogens is 426 g/mol. The van der Waals surface area contributed by atoms with Gasteiger partial charge < -0.3 is 10.1 Å². The Bertz CT molecular complexity index is 988. The predicted octanol–water partition coefficient (Wildman–Crippen LogP) is 3.07. The summed E-state index contributed by atoms with van der Waals surface area (Å²) in [5, 5.41) is 3.05. The van der Waals surface area contributed by atoms with E-state index >= 15 is 0 Å². The summed E-state index contributed by atoms with van der Waals surface area (Å²) in [6.45, 7) is 4.90. The van der Waals surface area contributed by atoms with Gasteiger partial charge in [0.25, 0.3) is 5.91 Å². The van der Waals surface area contributed by atoms with Crippen molar-refractivity contribution in [2.75, 3.05) is 26.0 Å². The van der Waals surface area contributed by atoms with E-state index in [0.717, 1.165) is 41.5 Å². The molecule has 2 fully saturated rings. The molecule has 7 nitrogen and oxygen atoms in total. The molecule has 32 heavy (non-hydrogen) atoms. The fraction of sp³-hybridized carbons (Fsp3) is 0.667. The quantitative estimate of drug-likeness (QED) is 0.705. The van der Waals surface area contributed by atoms with Crippen LogP contribution in [0.3, 0.4) is 0 Å². The number of rotatable bonds is 6. The Morgan fingerprint density at radius 1 is 1.19 bits per heavy atom. The van der Waals surface area contributed by atoms with Crippen molar-refractivity contribution >= 4 is 21.8 Å². The normalized spacial score (nSPS) is 26.1. The molecule has 1 saturated heterocycles. The van der Waals surface area contributed by atoms with Gasteiger partial charge in [0.15, 0.2) is 0 Å². The molecule has 1 aromatic rings. The van der Waals surface area contributed by atoms with Gasteiger partial charge in [-0.3, -0.25) is 9.79 Å². The van der Waals surface area contributed by atoms with E-state index in [2.05, 4.69) is 12.2 Å². The van der Waals surface area contributed by atoms with E-state index in [1.165, 1.54) is 17.1 Å². The van der Waals surface area contributed by atoms with Gasteiger partial charge in [0.2, 0.25) is 10.0 Å². The lowest BCUT2D eigenvalue weighted by Gasteiger charge is -2.34. The Balaban J connectivity index is 1.38. The molecule has 176 valence electrons. The van der Waals surface area contributed by atoms with E-state index < -0.39 is 15.6 Å². The number of hydrogen-bond acceptors (Lipinski definition) is 5. The minimum Gasteiger partial charge on any atom is -0.496 e. The number of sulfonamides is 1. The first kappa shape index (κ1) is 23.2. The van der Waals surface area contributed by atoms with Crippen LogP contribution in [0.25, 0.3) is 0 Å². The van der Waals surface area contributed by atoms with Crippen LogP contribution in [-0.2, 0) is 21.2 Å². The summed E-state index contributed by atoms with van der Waals surface area (Å²) in [5.41, 5.74) is 1.17. The number of amidine groups is 1. The summed E-state index contributed by atoms with van der Waals surface area (Å²) >= 11 is 0. The summed E-state index contributed by atoms with van der Waals surface area (Å²) in [6, 6.07) is 5.72. The highest BCUT2D eigenvalue weighted by molar-refractivity contribution is 7.89. The van der Waals surface area contributed by atoms with Crippen molar-refractivity contribution in [3.8, 4) is 5.75 Å². The number of aryl methyl sites for hydroxylation is 1.